The molecule has 3 aromatic heterocycles. The average Bonchev–Trinajstić information content (AvgIpc) is 3.16. The van der Waals surface area contributed by atoms with E-state index in [1.54, 1.807) is 21.4 Å². The van der Waals surface area contributed by atoms with Crippen molar-refractivity contribution in [3.05, 3.63) is 92.8 Å². The molecule has 0 fully saturated rings. The first-order chi connectivity index (χ1) is 14.1. The lowest BCUT2D eigenvalue weighted by molar-refractivity contribution is -0.670. The Hall–Kier alpha value is -3.22. The summed E-state index contributed by atoms with van der Waals surface area (Å²) in [4.78, 5) is 18.3. The number of halogens is 1. The normalized spacial score (nSPS) is 11.3. The summed E-state index contributed by atoms with van der Waals surface area (Å²) in [6.07, 6.45) is 3.44. The Bertz CT molecular complexity index is 1430. The van der Waals surface area contributed by atoms with Crippen molar-refractivity contribution < 1.29 is 9.67 Å². The van der Waals surface area contributed by atoms with Gasteiger partial charge in [0.05, 0.1) is 10.3 Å². The molecule has 0 spiro atoms. The van der Waals surface area contributed by atoms with Crippen LogP contribution in [0.1, 0.15) is 4.88 Å². The molecule has 2 aromatic carbocycles. The summed E-state index contributed by atoms with van der Waals surface area (Å²) in [5, 5.41) is 13.1. The van der Waals surface area contributed by atoms with Crippen LogP contribution < -0.4 is 10.1 Å². The number of fused-ring (bicyclic) bond motifs is 3. The summed E-state index contributed by atoms with van der Waals surface area (Å²) < 4.78 is 3.77. The Balaban J connectivity index is 1.92. The Kier molecular flexibility index (Phi) is 4.30. The molecule has 0 atom stereocenters. The Morgan fingerprint density at radius 1 is 1.07 bits per heavy atom. The molecule has 1 N–H and O–H groups in total. The zero-order valence-electron chi connectivity index (χ0n) is 15.1. The minimum absolute atomic E-state index is 0.0814. The predicted molar refractivity (Wildman–Crippen MR) is 115 cm³/mol. The number of hydrogen-bond acceptors (Lipinski definition) is 4. The van der Waals surface area contributed by atoms with Gasteiger partial charge >= 0.3 is 5.56 Å². The molecule has 0 aliphatic heterocycles. The second-order valence-corrected chi connectivity index (χ2v) is 8.33. The van der Waals surface area contributed by atoms with Crippen LogP contribution >= 0.6 is 22.9 Å². The van der Waals surface area contributed by atoms with E-state index >= 15 is 0 Å². The molecule has 0 bridgehead atoms. The van der Waals surface area contributed by atoms with Gasteiger partial charge in [-0.3, -0.25) is 0 Å². The van der Waals surface area contributed by atoms with Crippen LogP contribution in [0.4, 0.5) is 0 Å². The van der Waals surface area contributed by atoms with Crippen LogP contribution in [0.2, 0.25) is 4.47 Å². The van der Waals surface area contributed by atoms with Crippen molar-refractivity contribution in [3.8, 4) is 17.0 Å². The Morgan fingerprint density at radius 3 is 2.59 bits per heavy atom. The molecule has 0 aliphatic carbocycles. The second-order valence-electron chi connectivity index (χ2n) is 6.63. The van der Waals surface area contributed by atoms with Gasteiger partial charge in [0.2, 0.25) is 0 Å². The van der Waals surface area contributed by atoms with Crippen molar-refractivity contribution in [2.24, 2.45) is 0 Å². The first-order valence-corrected chi connectivity index (χ1v) is 10.2. The van der Waals surface area contributed by atoms with Crippen LogP contribution in [0.15, 0.2) is 77.9 Å². The molecule has 0 amide bonds. The fraction of sp³-hybridized carbons (Fsp3) is 0.0455. The second kappa shape index (κ2) is 6.99. The summed E-state index contributed by atoms with van der Waals surface area (Å²) in [6, 6.07) is 18.9. The van der Waals surface area contributed by atoms with Gasteiger partial charge in [-0.1, -0.05) is 60.1 Å². The van der Waals surface area contributed by atoms with E-state index in [9.17, 15) is 9.90 Å². The lowest BCUT2D eigenvalue weighted by Gasteiger charge is -2.11. The number of nitrogens with zero attached hydrogens (tertiary/aromatic N) is 3. The van der Waals surface area contributed by atoms with Gasteiger partial charge in [-0.2, -0.15) is 8.97 Å². The molecule has 5 rings (SSSR count). The maximum atomic E-state index is 13.4. The molecule has 5 nitrogen and oxygen atoms in total. The van der Waals surface area contributed by atoms with E-state index in [0.717, 1.165) is 15.6 Å². The van der Waals surface area contributed by atoms with Crippen LogP contribution in [0.25, 0.3) is 27.5 Å². The number of rotatable bonds is 3. The van der Waals surface area contributed by atoms with Crippen LogP contribution in [-0.4, -0.2) is 14.5 Å². The summed E-state index contributed by atoms with van der Waals surface area (Å²) in [7, 11) is 0. The lowest BCUT2D eigenvalue weighted by atomic mass is 10.1. The summed E-state index contributed by atoms with van der Waals surface area (Å²) >= 11 is 7.36. The fourth-order valence-electron chi connectivity index (χ4n) is 3.61. The number of aromatic nitrogens is 3. The number of pyridine rings is 1. The molecule has 0 unspecified atom stereocenters. The smallest absolute Gasteiger partial charge is 0.354 e. The fourth-order valence-corrected chi connectivity index (χ4v) is 4.58. The van der Waals surface area contributed by atoms with Crippen LogP contribution in [0.3, 0.4) is 0 Å². The number of aromatic hydroxyl groups is 1. The summed E-state index contributed by atoms with van der Waals surface area (Å²) in [5.74, 6) is -0.0814. The van der Waals surface area contributed by atoms with E-state index in [1.165, 1.54) is 11.3 Å². The number of hydrogen-bond donors (Lipinski definition) is 1. The molecule has 3 heterocycles. The molecule has 0 saturated heterocycles. The Morgan fingerprint density at radius 2 is 1.83 bits per heavy atom. The molecule has 5 aromatic rings. The van der Waals surface area contributed by atoms with Gasteiger partial charge in [0, 0.05) is 6.20 Å². The van der Waals surface area contributed by atoms with E-state index in [2.05, 4.69) is 4.98 Å². The van der Waals surface area contributed by atoms with Gasteiger partial charge in [0.15, 0.2) is 10.0 Å². The Labute approximate surface area is 174 Å². The number of benzene rings is 2. The van der Waals surface area contributed by atoms with Crippen LogP contribution in [0, 0.1) is 0 Å². The van der Waals surface area contributed by atoms with E-state index in [0.29, 0.717) is 22.2 Å². The van der Waals surface area contributed by atoms with E-state index in [1.807, 2.05) is 60.7 Å². The lowest BCUT2D eigenvalue weighted by Crippen LogP contribution is -2.41. The SMILES string of the molecule is O=c1c(-c2ccccc2)c(O)[n+](Cc2cnc(Cl)s2)c2c3ccccc3ccn12. The van der Waals surface area contributed by atoms with Crippen molar-refractivity contribution in [1.29, 1.82) is 0 Å². The molecular weight excluding hydrogens is 406 g/mol. The van der Waals surface area contributed by atoms with E-state index < -0.39 is 0 Å². The maximum Gasteiger partial charge on any atom is 0.354 e. The molecule has 0 radical (unpaired) electrons. The first kappa shape index (κ1) is 17.8. The zero-order valence-corrected chi connectivity index (χ0v) is 16.7. The quantitative estimate of drug-likeness (QED) is 0.350. The van der Waals surface area contributed by atoms with Crippen molar-refractivity contribution >= 4 is 39.4 Å². The molecule has 29 heavy (non-hydrogen) atoms. The van der Waals surface area contributed by atoms with Crippen molar-refractivity contribution in [3.63, 3.8) is 0 Å². The van der Waals surface area contributed by atoms with Gasteiger partial charge in [-0.25, -0.2) is 9.78 Å². The molecule has 7 heteroatoms. The molecule has 0 aliphatic rings. The van der Waals surface area contributed by atoms with Gasteiger partial charge in [-0.15, -0.1) is 11.3 Å². The van der Waals surface area contributed by atoms with Crippen molar-refractivity contribution in [2.45, 2.75) is 6.54 Å². The van der Waals surface area contributed by atoms with Gasteiger partial charge in [0.25, 0.3) is 11.5 Å². The van der Waals surface area contributed by atoms with E-state index in [-0.39, 0.29) is 17.0 Å². The molecule has 142 valence electrons. The zero-order chi connectivity index (χ0) is 20.0. The minimum Gasteiger partial charge on any atom is -0.477 e. The summed E-state index contributed by atoms with van der Waals surface area (Å²) in [6.45, 7) is 0.341. The largest absolute Gasteiger partial charge is 0.477 e. The van der Waals surface area contributed by atoms with Crippen LogP contribution in [0.5, 0.6) is 5.88 Å². The van der Waals surface area contributed by atoms with Crippen molar-refractivity contribution in [1.82, 2.24) is 9.38 Å². The molecule has 0 saturated carbocycles. The third kappa shape index (κ3) is 2.97. The summed E-state index contributed by atoms with van der Waals surface area (Å²) in [5.41, 5.74) is 1.27. The van der Waals surface area contributed by atoms with Gasteiger partial charge in [-0.05, 0) is 23.1 Å². The topological polar surface area (TPSA) is 58.5 Å². The molecular formula is C22H15ClN3O2S+. The highest BCUT2D eigenvalue weighted by molar-refractivity contribution is 7.15. The third-order valence-corrected chi connectivity index (χ3v) is 6.00. The van der Waals surface area contributed by atoms with Gasteiger partial charge < -0.3 is 5.11 Å². The monoisotopic (exact) mass is 420 g/mol. The van der Waals surface area contributed by atoms with Crippen LogP contribution in [-0.2, 0) is 6.54 Å². The highest BCUT2D eigenvalue weighted by Crippen LogP contribution is 2.27. The number of thiazole rings is 1. The predicted octanol–water partition coefficient (Wildman–Crippen LogP) is 4.27. The third-order valence-electron chi connectivity index (χ3n) is 4.90. The van der Waals surface area contributed by atoms with Gasteiger partial charge in [0.1, 0.15) is 12.7 Å². The maximum absolute atomic E-state index is 13.4. The first-order valence-electron chi connectivity index (χ1n) is 8.98. The highest BCUT2D eigenvalue weighted by atomic mass is 35.5. The average molecular weight is 421 g/mol. The van der Waals surface area contributed by atoms with E-state index in [4.69, 9.17) is 11.6 Å². The standard InChI is InChI=1S/C22H14ClN3O2S/c23-22-24-12-16(29-22)13-26-19-17-9-5-4-6-14(17)10-11-25(19)20(27)18(21(26)28)15-7-2-1-3-8-15/h1-12H,13H2/p+1. The highest BCUT2D eigenvalue weighted by Gasteiger charge is 2.27. The minimum atomic E-state index is -0.270. The van der Waals surface area contributed by atoms with Crippen molar-refractivity contribution in [2.75, 3.05) is 0 Å².